The van der Waals surface area contributed by atoms with E-state index in [1.807, 2.05) is 26.0 Å². The van der Waals surface area contributed by atoms with E-state index >= 15 is 0 Å². The molecule has 2 atom stereocenters. The fraction of sp³-hybridized carbons (Fsp3) is 0.444. The molecule has 2 N–H and O–H groups in total. The van der Waals surface area contributed by atoms with Crippen molar-refractivity contribution >= 4 is 11.8 Å². The molecule has 2 aromatic rings. The molecule has 3 rings (SSSR count). The molecule has 24 heavy (non-hydrogen) atoms. The van der Waals surface area contributed by atoms with Crippen molar-refractivity contribution in [3.63, 3.8) is 0 Å². The predicted octanol–water partition coefficient (Wildman–Crippen LogP) is 3.41. The number of nitrogens with one attached hydrogen (secondary N) is 1. The summed E-state index contributed by atoms with van der Waals surface area (Å²) in [6, 6.07) is 7.16. The van der Waals surface area contributed by atoms with Gasteiger partial charge in [0.05, 0.1) is 6.26 Å². The number of rotatable bonds is 4. The second-order valence-corrected chi connectivity index (χ2v) is 6.36. The minimum Gasteiger partial charge on any atom is -0.467 e. The van der Waals surface area contributed by atoms with E-state index in [1.165, 1.54) is 0 Å². The third-order valence-electron chi connectivity index (χ3n) is 4.34. The van der Waals surface area contributed by atoms with Crippen LogP contribution in [0.2, 0.25) is 0 Å². The average molecular weight is 329 g/mol. The number of aromatic nitrogens is 1. The van der Waals surface area contributed by atoms with Gasteiger partial charge in [0.25, 0.3) is 0 Å². The number of amides is 2. The topological polar surface area (TPSA) is 78.6 Å². The van der Waals surface area contributed by atoms with Gasteiger partial charge in [-0.25, -0.2) is 9.78 Å². The van der Waals surface area contributed by atoms with Crippen molar-refractivity contribution in [1.29, 1.82) is 0 Å². The van der Waals surface area contributed by atoms with Crippen molar-refractivity contribution in [2.45, 2.75) is 45.3 Å². The van der Waals surface area contributed by atoms with Gasteiger partial charge in [0.15, 0.2) is 0 Å². The highest BCUT2D eigenvalue weighted by Gasteiger charge is 2.31. The van der Waals surface area contributed by atoms with Crippen LogP contribution < -0.4 is 5.32 Å². The van der Waals surface area contributed by atoms with Crippen LogP contribution in [0.15, 0.2) is 34.9 Å². The fourth-order valence-corrected chi connectivity index (χ4v) is 3.29. The minimum atomic E-state index is -0.697. The molecule has 2 amide bonds. The van der Waals surface area contributed by atoms with Gasteiger partial charge in [-0.2, -0.15) is 0 Å². The minimum absolute atomic E-state index is 0.00370. The SMILES string of the molecule is Cc1cc(C)nc(NC(=O)N2CCC[C@H]2C[C@H](O)c2ccco2)c1. The van der Waals surface area contributed by atoms with Gasteiger partial charge >= 0.3 is 6.03 Å². The van der Waals surface area contributed by atoms with E-state index in [2.05, 4.69) is 10.3 Å². The van der Waals surface area contributed by atoms with Gasteiger partial charge in [0.2, 0.25) is 0 Å². The quantitative estimate of drug-likeness (QED) is 0.901. The summed E-state index contributed by atoms with van der Waals surface area (Å²) in [5.74, 6) is 1.10. The molecule has 1 aliphatic heterocycles. The number of likely N-dealkylation sites (tertiary alicyclic amines) is 1. The van der Waals surface area contributed by atoms with Crippen LogP contribution in [0.25, 0.3) is 0 Å². The van der Waals surface area contributed by atoms with Crippen molar-refractivity contribution in [2.24, 2.45) is 0 Å². The number of furan rings is 1. The molecule has 2 aromatic heterocycles. The molecular formula is C18H23N3O3. The summed E-state index contributed by atoms with van der Waals surface area (Å²) in [5.41, 5.74) is 1.93. The summed E-state index contributed by atoms with van der Waals surface area (Å²) in [6.45, 7) is 4.57. The third-order valence-corrected chi connectivity index (χ3v) is 4.34. The molecule has 6 heteroatoms. The van der Waals surface area contributed by atoms with Crippen LogP contribution in [0, 0.1) is 13.8 Å². The van der Waals surface area contributed by atoms with Gasteiger partial charge in [0, 0.05) is 24.7 Å². The monoisotopic (exact) mass is 329 g/mol. The highest BCUT2D eigenvalue weighted by Crippen LogP contribution is 2.28. The van der Waals surface area contributed by atoms with E-state index in [9.17, 15) is 9.90 Å². The Hall–Kier alpha value is -2.34. The molecule has 0 radical (unpaired) electrons. The van der Waals surface area contributed by atoms with Crippen molar-refractivity contribution < 1.29 is 14.3 Å². The van der Waals surface area contributed by atoms with Gasteiger partial charge in [-0.05, 0) is 56.5 Å². The molecule has 3 heterocycles. The number of carbonyl (C=O) groups is 1. The Balaban J connectivity index is 1.65. The van der Waals surface area contributed by atoms with Crippen LogP contribution >= 0.6 is 0 Å². The maximum atomic E-state index is 12.6. The summed E-state index contributed by atoms with van der Waals surface area (Å²) < 4.78 is 5.24. The molecular weight excluding hydrogens is 306 g/mol. The number of hydrogen-bond donors (Lipinski definition) is 2. The molecule has 1 saturated heterocycles. The molecule has 0 saturated carbocycles. The Bertz CT molecular complexity index is 679. The highest BCUT2D eigenvalue weighted by atomic mass is 16.4. The molecule has 0 aromatic carbocycles. The lowest BCUT2D eigenvalue weighted by Gasteiger charge is -2.26. The Kier molecular flexibility index (Phi) is 4.85. The van der Waals surface area contributed by atoms with E-state index in [0.29, 0.717) is 24.5 Å². The zero-order valence-corrected chi connectivity index (χ0v) is 14.0. The molecule has 0 aliphatic carbocycles. The number of carbonyl (C=O) groups excluding carboxylic acids is 1. The van der Waals surface area contributed by atoms with E-state index in [4.69, 9.17) is 4.42 Å². The Labute approximate surface area is 141 Å². The normalized spacial score (nSPS) is 18.6. The van der Waals surface area contributed by atoms with Crippen molar-refractivity contribution in [1.82, 2.24) is 9.88 Å². The Morgan fingerprint density at radius 3 is 3.04 bits per heavy atom. The molecule has 1 fully saturated rings. The van der Waals surface area contributed by atoms with Crippen LogP contribution in [0.3, 0.4) is 0 Å². The van der Waals surface area contributed by atoms with Gasteiger partial charge < -0.3 is 14.4 Å². The highest BCUT2D eigenvalue weighted by molar-refractivity contribution is 5.88. The van der Waals surface area contributed by atoms with Crippen LogP contribution in [0.4, 0.5) is 10.6 Å². The molecule has 0 spiro atoms. The largest absolute Gasteiger partial charge is 0.467 e. The zero-order valence-electron chi connectivity index (χ0n) is 14.0. The first-order valence-electron chi connectivity index (χ1n) is 8.27. The van der Waals surface area contributed by atoms with Crippen molar-refractivity contribution in [3.8, 4) is 0 Å². The van der Waals surface area contributed by atoms with Crippen LogP contribution in [0.1, 0.15) is 42.4 Å². The summed E-state index contributed by atoms with van der Waals surface area (Å²) in [7, 11) is 0. The first kappa shape index (κ1) is 16.5. The average Bonchev–Trinajstić information content (AvgIpc) is 3.17. The van der Waals surface area contributed by atoms with Crippen LogP contribution in [-0.4, -0.2) is 33.6 Å². The zero-order chi connectivity index (χ0) is 17.1. The summed E-state index contributed by atoms with van der Waals surface area (Å²) in [5, 5.41) is 13.1. The number of hydrogen-bond acceptors (Lipinski definition) is 4. The summed E-state index contributed by atoms with van der Waals surface area (Å²) in [4.78, 5) is 18.7. The summed E-state index contributed by atoms with van der Waals surface area (Å²) >= 11 is 0. The number of aryl methyl sites for hydroxylation is 2. The number of aliphatic hydroxyl groups is 1. The predicted molar refractivity (Wildman–Crippen MR) is 90.7 cm³/mol. The number of urea groups is 1. The standard InChI is InChI=1S/C18H23N3O3/c1-12-9-13(2)19-17(10-12)20-18(23)21-7-3-5-14(21)11-15(22)16-6-4-8-24-16/h4,6,8-10,14-15,22H,3,5,7,11H2,1-2H3,(H,19,20,23)/t14-,15-/m0/s1. The lowest BCUT2D eigenvalue weighted by atomic mass is 10.1. The summed E-state index contributed by atoms with van der Waals surface area (Å²) in [6.07, 6.45) is 3.14. The van der Waals surface area contributed by atoms with E-state index in [-0.39, 0.29) is 12.1 Å². The van der Waals surface area contributed by atoms with Gasteiger partial charge in [-0.1, -0.05) is 0 Å². The molecule has 1 aliphatic rings. The smallest absolute Gasteiger partial charge is 0.323 e. The Morgan fingerprint density at radius 1 is 1.50 bits per heavy atom. The molecule has 0 unspecified atom stereocenters. The van der Waals surface area contributed by atoms with E-state index in [1.54, 1.807) is 23.3 Å². The van der Waals surface area contributed by atoms with Crippen molar-refractivity contribution in [3.05, 3.63) is 47.5 Å². The maximum absolute atomic E-state index is 12.6. The van der Waals surface area contributed by atoms with E-state index < -0.39 is 6.10 Å². The van der Waals surface area contributed by atoms with Crippen LogP contribution in [-0.2, 0) is 0 Å². The number of aliphatic hydroxyl groups excluding tert-OH is 1. The second-order valence-electron chi connectivity index (χ2n) is 6.36. The fourth-order valence-electron chi connectivity index (χ4n) is 3.29. The van der Waals surface area contributed by atoms with Gasteiger partial charge in [-0.15, -0.1) is 0 Å². The molecule has 6 nitrogen and oxygen atoms in total. The Morgan fingerprint density at radius 2 is 2.33 bits per heavy atom. The number of nitrogens with zero attached hydrogens (tertiary/aromatic N) is 2. The molecule has 128 valence electrons. The lowest BCUT2D eigenvalue weighted by Crippen LogP contribution is -2.39. The van der Waals surface area contributed by atoms with Gasteiger partial charge in [0.1, 0.15) is 17.7 Å². The lowest BCUT2D eigenvalue weighted by molar-refractivity contribution is 0.110. The number of anilines is 1. The maximum Gasteiger partial charge on any atom is 0.323 e. The molecule has 0 bridgehead atoms. The van der Waals surface area contributed by atoms with Gasteiger partial charge in [-0.3, -0.25) is 5.32 Å². The van der Waals surface area contributed by atoms with Crippen LogP contribution in [0.5, 0.6) is 0 Å². The first-order chi connectivity index (χ1) is 11.5. The van der Waals surface area contributed by atoms with E-state index in [0.717, 1.165) is 24.1 Å². The first-order valence-corrected chi connectivity index (χ1v) is 8.27. The number of pyridine rings is 1. The third kappa shape index (κ3) is 3.76. The van der Waals surface area contributed by atoms with Crippen molar-refractivity contribution in [2.75, 3.05) is 11.9 Å². The second kappa shape index (κ2) is 7.05.